The fourth-order valence-electron chi connectivity index (χ4n) is 5.55. The van der Waals surface area contributed by atoms with Crippen molar-refractivity contribution in [1.29, 1.82) is 0 Å². The number of nitrogens with one attached hydrogen (secondary N) is 1. The number of hydrogen-bond acceptors (Lipinski definition) is 16. The van der Waals surface area contributed by atoms with Gasteiger partial charge in [-0.3, -0.25) is 19.1 Å². The summed E-state index contributed by atoms with van der Waals surface area (Å²) in [5.74, 6) is 4.56. The van der Waals surface area contributed by atoms with Crippen LogP contribution >= 0.6 is 0 Å². The molecule has 0 radical (unpaired) electrons. The molecule has 0 fully saturated rings. The molecule has 0 saturated heterocycles. The lowest BCUT2D eigenvalue weighted by atomic mass is 10.3. The van der Waals surface area contributed by atoms with E-state index in [0.717, 1.165) is 16.4 Å². The van der Waals surface area contributed by atoms with Gasteiger partial charge in [0.2, 0.25) is 17.6 Å². The van der Waals surface area contributed by atoms with E-state index < -0.39 is 0 Å². The Morgan fingerprint density at radius 3 is 1.87 bits per heavy atom. The van der Waals surface area contributed by atoms with Gasteiger partial charge in [0.1, 0.15) is 6.33 Å². The lowest BCUT2D eigenvalue weighted by Gasteiger charge is -1.95. The van der Waals surface area contributed by atoms with Crippen LogP contribution in [0.1, 0.15) is 0 Å². The number of nitrogen functional groups attached to an aromatic ring is 2. The Morgan fingerprint density at radius 1 is 0.611 bits per heavy atom. The summed E-state index contributed by atoms with van der Waals surface area (Å²) >= 11 is 0. The predicted octanol–water partition coefficient (Wildman–Crippen LogP) is 3.17. The molecule has 22 heteroatoms. The van der Waals surface area contributed by atoms with E-state index in [2.05, 4.69) is 60.6 Å². The number of aromatic nitrogens is 17. The molecule has 0 saturated carbocycles. The molecule has 0 aliphatic carbocycles. The van der Waals surface area contributed by atoms with Crippen molar-refractivity contribution in [2.45, 2.75) is 0 Å². The van der Waals surface area contributed by atoms with Crippen molar-refractivity contribution in [2.75, 3.05) is 11.5 Å². The highest BCUT2D eigenvalue weighted by molar-refractivity contribution is 5.90. The number of aryl methyl sites for hydroxylation is 3. The van der Waals surface area contributed by atoms with Crippen LogP contribution in [0.3, 0.4) is 0 Å². The number of nitrogens with two attached hydrogens (primary N) is 2. The minimum absolute atomic E-state index is 0.242. The first-order valence-corrected chi connectivity index (χ1v) is 16.0. The standard InChI is InChI=1S/C11H9N7O.C11H8N6O.C10H10N6O/c1-17-5-6-8(15-17)14-11(12)18-10(6)13-9(16-18)7-3-2-4-19-7;1-16-5-7-9(14-16)12-6-17-11(7)13-10(15-17)8-3-2-4-18-8;1-16-5-6(8(11)15-16)9-12-10(14-13-9)7-3-2-4-17-7/h2-5H,1H3,(H2,12,14,15);2-6H,1H3;2-5H,1H3,(H2,11,15)(H,12,13,14). The number of furan rings is 3. The molecule has 0 aliphatic heterocycles. The number of aromatic amines is 1. The zero-order valence-electron chi connectivity index (χ0n) is 28.5. The summed E-state index contributed by atoms with van der Waals surface area (Å²) in [6.45, 7) is 0. The molecule has 0 aliphatic rings. The lowest BCUT2D eigenvalue weighted by molar-refractivity contribution is 0.577. The van der Waals surface area contributed by atoms with Gasteiger partial charge < -0.3 is 24.7 Å². The van der Waals surface area contributed by atoms with E-state index in [1.807, 2.05) is 32.6 Å². The highest BCUT2D eigenvalue weighted by Crippen LogP contribution is 2.25. The molecule has 11 heterocycles. The van der Waals surface area contributed by atoms with Crippen LogP contribution in [-0.4, -0.2) is 83.7 Å². The maximum absolute atomic E-state index is 5.87. The molecule has 11 rings (SSSR count). The van der Waals surface area contributed by atoms with Gasteiger partial charge in [0, 0.05) is 39.7 Å². The summed E-state index contributed by atoms with van der Waals surface area (Å²) < 4.78 is 23.9. The topological polar surface area (TPSA) is 273 Å². The molecule has 0 spiro atoms. The molecule has 0 atom stereocenters. The number of rotatable bonds is 4. The number of H-pyrrole nitrogens is 1. The van der Waals surface area contributed by atoms with Crippen molar-refractivity contribution < 1.29 is 13.3 Å². The maximum Gasteiger partial charge on any atom is 0.225 e. The van der Waals surface area contributed by atoms with Gasteiger partial charge in [0.15, 0.2) is 57.3 Å². The van der Waals surface area contributed by atoms with Gasteiger partial charge in [-0.1, -0.05) is 0 Å². The SMILES string of the molecule is Cn1cc(-c2n[nH]c(-c3ccco3)n2)c(N)n1.Cn1cc2c(nc(N)n3nc(-c4ccco4)nc23)n1.Cn1cc2c(ncn3nc(-c4ccco4)nc23)n1. The summed E-state index contributed by atoms with van der Waals surface area (Å²) in [4.78, 5) is 21.6. The molecule has 0 amide bonds. The minimum atomic E-state index is 0.242. The second-order valence-electron chi connectivity index (χ2n) is 11.7. The van der Waals surface area contributed by atoms with E-state index >= 15 is 0 Å². The van der Waals surface area contributed by atoms with E-state index in [9.17, 15) is 0 Å². The highest BCUT2D eigenvalue weighted by Gasteiger charge is 2.17. The third kappa shape index (κ3) is 5.69. The minimum Gasteiger partial charge on any atom is -0.461 e. The second kappa shape index (κ2) is 12.6. The van der Waals surface area contributed by atoms with Crippen molar-refractivity contribution in [3.63, 3.8) is 0 Å². The third-order valence-corrected chi connectivity index (χ3v) is 7.89. The van der Waals surface area contributed by atoms with Crippen molar-refractivity contribution in [1.82, 2.24) is 83.7 Å². The van der Waals surface area contributed by atoms with E-state index in [4.69, 9.17) is 24.7 Å². The molecular formula is C32H27N19O3. The molecule has 0 bridgehead atoms. The van der Waals surface area contributed by atoms with Crippen LogP contribution < -0.4 is 11.5 Å². The highest BCUT2D eigenvalue weighted by atomic mass is 16.3. The van der Waals surface area contributed by atoms with Crippen molar-refractivity contribution in [3.05, 3.63) is 80.1 Å². The number of fused-ring (bicyclic) bond motifs is 6. The Labute approximate surface area is 300 Å². The first kappa shape index (κ1) is 31.8. The molecule has 22 nitrogen and oxygen atoms in total. The van der Waals surface area contributed by atoms with Gasteiger partial charge >= 0.3 is 0 Å². The number of hydrogen-bond donors (Lipinski definition) is 3. The van der Waals surface area contributed by atoms with Crippen molar-refractivity contribution in [3.8, 4) is 46.1 Å². The van der Waals surface area contributed by atoms with Gasteiger partial charge in [-0.2, -0.15) is 29.9 Å². The molecule has 11 aromatic heterocycles. The zero-order chi connectivity index (χ0) is 36.9. The van der Waals surface area contributed by atoms with Gasteiger partial charge in [-0.25, -0.2) is 24.5 Å². The van der Waals surface area contributed by atoms with Crippen LogP contribution in [0.25, 0.3) is 79.5 Å². The first-order valence-electron chi connectivity index (χ1n) is 16.0. The van der Waals surface area contributed by atoms with E-state index in [1.54, 1.807) is 87.3 Å². The van der Waals surface area contributed by atoms with Crippen LogP contribution in [0, 0.1) is 0 Å². The van der Waals surface area contributed by atoms with Crippen molar-refractivity contribution in [2.24, 2.45) is 21.1 Å². The Hall–Kier alpha value is -8.17. The fraction of sp³-hybridized carbons (Fsp3) is 0.0938. The Morgan fingerprint density at radius 2 is 1.22 bits per heavy atom. The first-order chi connectivity index (χ1) is 26.3. The predicted molar refractivity (Wildman–Crippen MR) is 191 cm³/mol. The molecule has 5 N–H and O–H groups in total. The quantitative estimate of drug-likeness (QED) is 0.235. The van der Waals surface area contributed by atoms with Gasteiger partial charge in [-0.05, 0) is 36.4 Å². The molecular weight excluding hydrogens is 698 g/mol. The Bertz CT molecular complexity index is 3010. The third-order valence-electron chi connectivity index (χ3n) is 7.89. The average molecular weight is 726 g/mol. The average Bonchev–Trinajstić information content (AvgIpc) is 3.99. The van der Waals surface area contributed by atoms with Crippen LogP contribution in [0.5, 0.6) is 0 Å². The number of anilines is 2. The molecule has 268 valence electrons. The molecule has 0 unspecified atom stereocenters. The summed E-state index contributed by atoms with van der Waals surface area (Å²) in [5, 5.41) is 29.7. The largest absolute Gasteiger partial charge is 0.461 e. The number of nitrogens with zero attached hydrogens (tertiary/aromatic N) is 16. The molecule has 0 aromatic carbocycles. The van der Waals surface area contributed by atoms with Gasteiger partial charge in [0.05, 0.1) is 35.1 Å². The molecule has 54 heavy (non-hydrogen) atoms. The van der Waals surface area contributed by atoms with E-state index in [0.29, 0.717) is 68.9 Å². The summed E-state index contributed by atoms with van der Waals surface area (Å²) in [6, 6.07) is 10.8. The summed E-state index contributed by atoms with van der Waals surface area (Å²) in [5.41, 5.74) is 14.9. The second-order valence-corrected chi connectivity index (χ2v) is 11.7. The smallest absolute Gasteiger partial charge is 0.225 e. The monoisotopic (exact) mass is 725 g/mol. The Balaban J connectivity index is 0.000000107. The summed E-state index contributed by atoms with van der Waals surface area (Å²) in [6.07, 6.45) is 11.8. The fourth-order valence-corrected chi connectivity index (χ4v) is 5.55. The van der Waals surface area contributed by atoms with E-state index in [-0.39, 0.29) is 5.95 Å². The van der Waals surface area contributed by atoms with Crippen LogP contribution in [0.4, 0.5) is 11.8 Å². The van der Waals surface area contributed by atoms with Crippen LogP contribution in [0.2, 0.25) is 0 Å². The lowest BCUT2D eigenvalue weighted by Crippen LogP contribution is -2.02. The van der Waals surface area contributed by atoms with E-state index in [1.165, 1.54) is 4.52 Å². The molecule has 11 aromatic rings. The Kier molecular flexibility index (Phi) is 7.39. The summed E-state index contributed by atoms with van der Waals surface area (Å²) in [7, 11) is 5.46. The maximum atomic E-state index is 5.87. The van der Waals surface area contributed by atoms with Gasteiger partial charge in [-0.15, -0.1) is 10.2 Å². The van der Waals surface area contributed by atoms with Crippen molar-refractivity contribution >= 4 is 45.1 Å². The van der Waals surface area contributed by atoms with Crippen LogP contribution in [-0.2, 0) is 21.1 Å². The van der Waals surface area contributed by atoms with Gasteiger partial charge in [0.25, 0.3) is 0 Å². The normalized spacial score (nSPS) is 11.4. The zero-order valence-corrected chi connectivity index (χ0v) is 28.5. The van der Waals surface area contributed by atoms with Crippen LogP contribution in [0.15, 0.2) is 93.4 Å².